The van der Waals surface area contributed by atoms with Gasteiger partial charge in [-0.2, -0.15) is 0 Å². The lowest BCUT2D eigenvalue weighted by atomic mass is 10.00. The van der Waals surface area contributed by atoms with Gasteiger partial charge in [0.05, 0.1) is 5.69 Å². The zero-order valence-corrected chi connectivity index (χ0v) is 12.1. The van der Waals surface area contributed by atoms with Gasteiger partial charge in [-0.3, -0.25) is 0 Å². The molecule has 1 saturated heterocycles. The van der Waals surface area contributed by atoms with Gasteiger partial charge in [0.25, 0.3) is 0 Å². The van der Waals surface area contributed by atoms with Crippen LogP contribution in [0.5, 0.6) is 0 Å². The highest BCUT2D eigenvalue weighted by molar-refractivity contribution is 5.56. The van der Waals surface area contributed by atoms with Gasteiger partial charge in [0.2, 0.25) is 0 Å². The van der Waals surface area contributed by atoms with Crippen molar-refractivity contribution in [1.29, 1.82) is 0 Å². The van der Waals surface area contributed by atoms with E-state index in [1.165, 1.54) is 12.5 Å². The minimum atomic E-state index is -0.158. The average Bonchev–Trinajstić information content (AvgIpc) is 2.38. The monoisotopic (exact) mass is 265 g/mol. The quantitative estimate of drug-likeness (QED) is 0.910. The minimum Gasteiger partial charge on any atom is -0.367 e. The third-order valence-corrected chi connectivity index (χ3v) is 3.95. The maximum atomic E-state index is 14.2. The maximum absolute atomic E-state index is 14.2. The summed E-state index contributed by atoms with van der Waals surface area (Å²) in [6.07, 6.45) is 2.26. The van der Waals surface area contributed by atoms with Crippen molar-refractivity contribution >= 4 is 5.69 Å². The molecule has 1 aromatic carbocycles. The van der Waals surface area contributed by atoms with Gasteiger partial charge in [-0.05, 0) is 45.5 Å². The van der Waals surface area contributed by atoms with Crippen LogP contribution in [0.3, 0.4) is 0 Å². The number of hydrogen-bond acceptors (Lipinski definition) is 3. The Morgan fingerprint density at radius 2 is 2.16 bits per heavy atom. The van der Waals surface area contributed by atoms with Gasteiger partial charge < -0.3 is 15.5 Å². The van der Waals surface area contributed by atoms with E-state index in [0.29, 0.717) is 11.7 Å². The van der Waals surface area contributed by atoms with Crippen molar-refractivity contribution in [2.24, 2.45) is 5.73 Å². The van der Waals surface area contributed by atoms with Crippen LogP contribution in [0.4, 0.5) is 10.1 Å². The van der Waals surface area contributed by atoms with Gasteiger partial charge in [0.15, 0.2) is 0 Å². The molecule has 0 saturated carbocycles. The predicted molar refractivity (Wildman–Crippen MR) is 77.9 cm³/mol. The number of para-hydroxylation sites is 1. The van der Waals surface area contributed by atoms with Crippen molar-refractivity contribution < 1.29 is 4.39 Å². The second-order valence-corrected chi connectivity index (χ2v) is 5.67. The molecule has 2 N–H and O–H groups in total. The first-order valence-electron chi connectivity index (χ1n) is 6.96. The molecule has 4 heteroatoms. The molecular formula is C15H24FN3. The molecule has 1 heterocycles. The summed E-state index contributed by atoms with van der Waals surface area (Å²) in [5.41, 5.74) is 7.58. The van der Waals surface area contributed by atoms with E-state index in [1.807, 2.05) is 13.0 Å². The van der Waals surface area contributed by atoms with Gasteiger partial charge in [-0.25, -0.2) is 4.39 Å². The largest absolute Gasteiger partial charge is 0.367 e. The number of nitrogens with two attached hydrogens (primary N) is 1. The van der Waals surface area contributed by atoms with E-state index in [9.17, 15) is 4.39 Å². The first-order valence-corrected chi connectivity index (χ1v) is 6.96. The van der Waals surface area contributed by atoms with Crippen LogP contribution in [-0.2, 0) is 0 Å². The topological polar surface area (TPSA) is 32.5 Å². The van der Waals surface area contributed by atoms with E-state index in [2.05, 4.69) is 23.9 Å². The molecule has 0 amide bonds. The maximum Gasteiger partial charge on any atom is 0.146 e. The fourth-order valence-corrected chi connectivity index (χ4v) is 2.81. The number of likely N-dealkylation sites (N-methyl/N-ethyl adjacent to an activating group) is 1. The lowest BCUT2D eigenvalue weighted by Gasteiger charge is -2.38. The number of benzene rings is 1. The normalized spacial score (nSPS) is 21.8. The van der Waals surface area contributed by atoms with E-state index in [0.717, 1.165) is 25.1 Å². The Hall–Kier alpha value is -1.13. The summed E-state index contributed by atoms with van der Waals surface area (Å²) in [5, 5.41) is 0. The van der Waals surface area contributed by atoms with Crippen molar-refractivity contribution in [1.82, 2.24) is 4.90 Å². The van der Waals surface area contributed by atoms with E-state index in [4.69, 9.17) is 5.73 Å². The van der Waals surface area contributed by atoms with E-state index in [1.54, 1.807) is 6.07 Å². The molecule has 0 aromatic heterocycles. The van der Waals surface area contributed by atoms with Gasteiger partial charge in [0.1, 0.15) is 5.82 Å². The molecule has 0 radical (unpaired) electrons. The summed E-state index contributed by atoms with van der Waals surface area (Å²) in [6, 6.07) is 5.54. The van der Waals surface area contributed by atoms with Crippen molar-refractivity contribution in [3.05, 3.63) is 29.6 Å². The first-order chi connectivity index (χ1) is 9.00. The summed E-state index contributed by atoms with van der Waals surface area (Å²) in [7, 11) is 4.17. The molecule has 0 spiro atoms. The van der Waals surface area contributed by atoms with Crippen LogP contribution >= 0.6 is 0 Å². The smallest absolute Gasteiger partial charge is 0.146 e. The molecular weight excluding hydrogens is 241 g/mol. The summed E-state index contributed by atoms with van der Waals surface area (Å²) in [6.45, 7) is 3.68. The second-order valence-electron chi connectivity index (χ2n) is 5.67. The number of hydrogen-bond donors (Lipinski definition) is 1. The summed E-state index contributed by atoms with van der Waals surface area (Å²) < 4.78 is 14.2. The Morgan fingerprint density at radius 1 is 1.42 bits per heavy atom. The number of halogens is 1. The minimum absolute atomic E-state index is 0.148. The van der Waals surface area contributed by atoms with Crippen LogP contribution in [0.2, 0.25) is 0 Å². The van der Waals surface area contributed by atoms with Crippen LogP contribution in [-0.4, -0.2) is 38.1 Å². The second kappa shape index (κ2) is 5.88. The number of anilines is 1. The molecule has 0 aliphatic carbocycles. The third-order valence-electron chi connectivity index (χ3n) is 3.95. The van der Waals surface area contributed by atoms with Gasteiger partial charge in [-0.1, -0.05) is 12.1 Å². The molecule has 2 rings (SSSR count). The zero-order chi connectivity index (χ0) is 14.0. The summed E-state index contributed by atoms with van der Waals surface area (Å²) in [5.74, 6) is -0.158. The highest BCUT2D eigenvalue weighted by Crippen LogP contribution is 2.31. The molecule has 2 atom stereocenters. The van der Waals surface area contributed by atoms with Crippen LogP contribution in [0.1, 0.15) is 31.4 Å². The molecule has 1 fully saturated rings. The van der Waals surface area contributed by atoms with Crippen molar-refractivity contribution in [3.8, 4) is 0 Å². The van der Waals surface area contributed by atoms with Crippen molar-refractivity contribution in [3.63, 3.8) is 0 Å². The Kier molecular flexibility index (Phi) is 4.42. The fourth-order valence-electron chi connectivity index (χ4n) is 2.81. The molecule has 1 aliphatic rings. The number of nitrogens with zero attached hydrogens (tertiary/aromatic N) is 2. The molecule has 0 bridgehead atoms. The standard InChI is InChI=1S/C15H24FN3/c1-11(17)13-7-4-8-14(16)15(13)19-9-5-6-12(10-19)18(2)3/h4,7-8,11-12H,5-6,9-10,17H2,1-3H3. The van der Waals surface area contributed by atoms with Crippen molar-refractivity contribution in [2.75, 3.05) is 32.1 Å². The van der Waals surface area contributed by atoms with Gasteiger partial charge in [-0.15, -0.1) is 0 Å². The summed E-state index contributed by atoms with van der Waals surface area (Å²) in [4.78, 5) is 4.38. The van der Waals surface area contributed by atoms with Gasteiger partial charge in [0, 0.05) is 25.2 Å². The van der Waals surface area contributed by atoms with E-state index < -0.39 is 0 Å². The zero-order valence-electron chi connectivity index (χ0n) is 12.1. The van der Waals surface area contributed by atoms with Crippen LogP contribution in [0, 0.1) is 5.82 Å². The van der Waals surface area contributed by atoms with Gasteiger partial charge >= 0.3 is 0 Å². The SMILES string of the molecule is CC(N)c1cccc(F)c1N1CCCC(N(C)C)C1. The Bertz CT molecular complexity index is 431. The highest BCUT2D eigenvalue weighted by Gasteiger charge is 2.25. The van der Waals surface area contributed by atoms with E-state index >= 15 is 0 Å². The fraction of sp³-hybridized carbons (Fsp3) is 0.600. The first kappa shape index (κ1) is 14.3. The van der Waals surface area contributed by atoms with Crippen LogP contribution in [0.15, 0.2) is 18.2 Å². The Balaban J connectivity index is 2.30. The molecule has 106 valence electrons. The van der Waals surface area contributed by atoms with Crippen molar-refractivity contribution in [2.45, 2.75) is 31.8 Å². The number of piperidine rings is 1. The summed E-state index contributed by atoms with van der Waals surface area (Å²) >= 11 is 0. The molecule has 3 nitrogen and oxygen atoms in total. The third kappa shape index (κ3) is 3.07. The number of rotatable bonds is 3. The molecule has 2 unspecified atom stereocenters. The van der Waals surface area contributed by atoms with Crippen LogP contribution < -0.4 is 10.6 Å². The Morgan fingerprint density at radius 3 is 2.79 bits per heavy atom. The van der Waals surface area contributed by atoms with E-state index in [-0.39, 0.29) is 11.9 Å². The molecule has 1 aliphatic heterocycles. The van der Waals surface area contributed by atoms with Crippen LogP contribution in [0.25, 0.3) is 0 Å². The predicted octanol–water partition coefficient (Wildman–Crippen LogP) is 2.38. The molecule has 19 heavy (non-hydrogen) atoms. The highest BCUT2D eigenvalue weighted by atomic mass is 19.1. The molecule has 1 aromatic rings. The lowest BCUT2D eigenvalue weighted by molar-refractivity contribution is 0.257. The Labute approximate surface area is 115 Å². The average molecular weight is 265 g/mol. The lowest BCUT2D eigenvalue weighted by Crippen LogP contribution is -2.45.